The first-order valence-electron chi connectivity index (χ1n) is 10.1. The molecule has 0 radical (unpaired) electrons. The second kappa shape index (κ2) is 7.97. The van der Waals surface area contributed by atoms with Gasteiger partial charge >= 0.3 is 0 Å². The van der Waals surface area contributed by atoms with Crippen molar-refractivity contribution in [2.24, 2.45) is 7.05 Å². The Labute approximate surface area is 173 Å². The van der Waals surface area contributed by atoms with Crippen molar-refractivity contribution in [3.8, 4) is 0 Å². The summed E-state index contributed by atoms with van der Waals surface area (Å²) in [5.41, 5.74) is 3.80. The van der Waals surface area contributed by atoms with Gasteiger partial charge < -0.3 is 9.88 Å². The quantitative estimate of drug-likeness (QED) is 0.619. The second-order valence-corrected chi connectivity index (χ2v) is 7.78. The zero-order chi connectivity index (χ0) is 21.4. The highest BCUT2D eigenvalue weighted by Gasteiger charge is 2.19. The highest BCUT2D eigenvalue weighted by molar-refractivity contribution is 5.93. The van der Waals surface area contributed by atoms with Crippen LogP contribution in [0.15, 0.2) is 41.2 Å². The summed E-state index contributed by atoms with van der Waals surface area (Å²) < 4.78 is 27.8. The molecule has 1 aromatic carbocycles. The molecule has 0 spiro atoms. The number of nitrogens with one attached hydrogen (secondary N) is 1. The van der Waals surface area contributed by atoms with E-state index in [1.165, 1.54) is 12.1 Å². The molecule has 4 rings (SSSR count). The van der Waals surface area contributed by atoms with Crippen LogP contribution in [0.1, 0.15) is 61.0 Å². The fourth-order valence-electron chi connectivity index (χ4n) is 4.09. The van der Waals surface area contributed by atoms with Gasteiger partial charge in [-0.2, -0.15) is 5.10 Å². The molecule has 30 heavy (non-hydrogen) atoms. The van der Waals surface area contributed by atoms with E-state index in [-0.39, 0.29) is 17.2 Å². The van der Waals surface area contributed by atoms with Crippen LogP contribution in [-0.4, -0.2) is 14.8 Å². The average molecular weight is 410 g/mol. The van der Waals surface area contributed by atoms with Crippen LogP contribution in [0.2, 0.25) is 0 Å². The number of benzene rings is 1. The van der Waals surface area contributed by atoms with E-state index in [2.05, 4.69) is 21.6 Å². The Balaban J connectivity index is 1.80. The fraction of sp³-hybridized carbons (Fsp3) is 0.348. The number of rotatable bonds is 5. The normalized spacial score (nSPS) is 14.9. The van der Waals surface area contributed by atoms with Crippen molar-refractivity contribution >= 4 is 22.3 Å². The Kier molecular flexibility index (Phi) is 5.37. The van der Waals surface area contributed by atoms with Crippen LogP contribution in [0.4, 0.5) is 14.6 Å². The number of fused-ring (bicyclic) bond motifs is 1. The Hall–Kier alpha value is -3.09. The molecule has 0 amide bonds. The zero-order valence-electron chi connectivity index (χ0n) is 17.2. The predicted molar refractivity (Wildman–Crippen MR) is 115 cm³/mol. The van der Waals surface area contributed by atoms with E-state index in [0.717, 1.165) is 35.8 Å². The fourth-order valence-corrected chi connectivity index (χ4v) is 4.09. The molecule has 0 aliphatic heterocycles. The number of anilines is 1. The number of halogens is 2. The molecular weight excluding hydrogens is 386 g/mol. The average Bonchev–Trinajstić information content (AvgIpc) is 3.27. The Morgan fingerprint density at radius 2 is 1.93 bits per heavy atom. The summed E-state index contributed by atoms with van der Waals surface area (Å²) in [7, 11) is 1.75. The van der Waals surface area contributed by atoms with Crippen molar-refractivity contribution in [1.82, 2.24) is 14.8 Å². The standard InChI is InChI=1S/C23H24F2N4O/c1-13(16-9-6-10-17(11-16)21(24)25)26-22-19-12-18(15-7-4-5-8-15)23(30)29(3)20(19)14(2)27-28-22/h6-7,9-13,21H,4-5,8H2,1-3H3,(H,26,28)/t13-/m1/s1. The van der Waals surface area contributed by atoms with Crippen LogP contribution in [0.3, 0.4) is 0 Å². The third kappa shape index (κ3) is 3.60. The summed E-state index contributed by atoms with van der Waals surface area (Å²) in [5, 5.41) is 12.6. The molecule has 7 heteroatoms. The van der Waals surface area contributed by atoms with Crippen molar-refractivity contribution in [2.75, 3.05) is 5.32 Å². The maximum atomic E-state index is 13.1. The smallest absolute Gasteiger partial charge is 0.263 e. The number of aromatic nitrogens is 3. The second-order valence-electron chi connectivity index (χ2n) is 7.78. The van der Waals surface area contributed by atoms with Gasteiger partial charge in [0.25, 0.3) is 12.0 Å². The SMILES string of the molecule is Cc1nnc(N[C@H](C)c2cccc(C(F)F)c2)c2cc(C3=CCCC3)c(=O)n(C)c12. The number of pyridine rings is 1. The molecule has 5 nitrogen and oxygen atoms in total. The first kappa shape index (κ1) is 20.2. The lowest BCUT2D eigenvalue weighted by molar-refractivity contribution is 0.151. The molecule has 2 aromatic heterocycles. The topological polar surface area (TPSA) is 59.8 Å². The molecule has 0 saturated carbocycles. The van der Waals surface area contributed by atoms with E-state index >= 15 is 0 Å². The van der Waals surface area contributed by atoms with Crippen molar-refractivity contribution in [3.63, 3.8) is 0 Å². The minimum absolute atomic E-state index is 0.0150. The molecule has 0 saturated heterocycles. The summed E-state index contributed by atoms with van der Waals surface area (Å²) in [6.07, 6.45) is 2.52. The Bertz CT molecular complexity index is 1200. The van der Waals surface area contributed by atoms with Gasteiger partial charge in [-0.15, -0.1) is 5.10 Å². The maximum absolute atomic E-state index is 13.1. The zero-order valence-corrected chi connectivity index (χ0v) is 17.2. The van der Waals surface area contributed by atoms with Gasteiger partial charge in [-0.1, -0.05) is 24.3 Å². The van der Waals surface area contributed by atoms with Gasteiger partial charge in [0.1, 0.15) is 0 Å². The van der Waals surface area contributed by atoms with Crippen molar-refractivity contribution in [2.45, 2.75) is 45.6 Å². The summed E-state index contributed by atoms with van der Waals surface area (Å²) in [6, 6.07) is 7.97. The first-order valence-corrected chi connectivity index (χ1v) is 10.1. The molecule has 156 valence electrons. The van der Waals surface area contributed by atoms with Crippen LogP contribution >= 0.6 is 0 Å². The minimum atomic E-state index is -2.52. The Morgan fingerprint density at radius 3 is 2.63 bits per heavy atom. The lowest BCUT2D eigenvalue weighted by Gasteiger charge is -2.19. The molecule has 2 heterocycles. The number of allylic oxidation sites excluding steroid dienone is 2. The minimum Gasteiger partial charge on any atom is -0.361 e. The highest BCUT2D eigenvalue weighted by atomic mass is 19.3. The van der Waals surface area contributed by atoms with Crippen molar-refractivity contribution in [3.05, 3.63) is 69.1 Å². The van der Waals surface area contributed by atoms with E-state index in [9.17, 15) is 13.6 Å². The summed E-state index contributed by atoms with van der Waals surface area (Å²) in [6.45, 7) is 3.71. The van der Waals surface area contributed by atoms with Gasteiger partial charge in [0.05, 0.1) is 17.3 Å². The summed E-state index contributed by atoms with van der Waals surface area (Å²) >= 11 is 0. The van der Waals surface area contributed by atoms with Gasteiger partial charge in [0.2, 0.25) is 0 Å². The third-order valence-electron chi connectivity index (χ3n) is 5.71. The van der Waals surface area contributed by atoms with E-state index in [1.807, 2.05) is 19.9 Å². The molecule has 1 aliphatic carbocycles. The Morgan fingerprint density at radius 1 is 1.17 bits per heavy atom. The molecule has 1 atom stereocenters. The molecule has 3 aromatic rings. The van der Waals surface area contributed by atoms with Crippen LogP contribution < -0.4 is 10.9 Å². The highest BCUT2D eigenvalue weighted by Crippen LogP contribution is 2.31. The number of hydrogen-bond acceptors (Lipinski definition) is 4. The van der Waals surface area contributed by atoms with Gasteiger partial charge in [-0.05, 0) is 56.4 Å². The van der Waals surface area contributed by atoms with Gasteiger partial charge in [-0.25, -0.2) is 8.78 Å². The lowest BCUT2D eigenvalue weighted by Crippen LogP contribution is -2.22. The number of hydrogen-bond donors (Lipinski definition) is 1. The number of alkyl halides is 2. The van der Waals surface area contributed by atoms with Gasteiger partial charge in [0.15, 0.2) is 5.82 Å². The van der Waals surface area contributed by atoms with Crippen LogP contribution in [0.5, 0.6) is 0 Å². The van der Waals surface area contributed by atoms with E-state index < -0.39 is 6.43 Å². The van der Waals surface area contributed by atoms with Crippen LogP contribution in [0, 0.1) is 6.92 Å². The molecular formula is C23H24F2N4O. The molecule has 1 N–H and O–H groups in total. The first-order chi connectivity index (χ1) is 14.4. The van der Waals surface area contributed by atoms with Crippen molar-refractivity contribution < 1.29 is 8.78 Å². The summed E-state index contributed by atoms with van der Waals surface area (Å²) in [4.78, 5) is 13.0. The summed E-state index contributed by atoms with van der Waals surface area (Å²) in [5.74, 6) is 0.529. The van der Waals surface area contributed by atoms with E-state index in [0.29, 0.717) is 22.6 Å². The van der Waals surface area contributed by atoms with Crippen LogP contribution in [0.25, 0.3) is 16.5 Å². The predicted octanol–water partition coefficient (Wildman–Crippen LogP) is 5.31. The monoisotopic (exact) mass is 410 g/mol. The largest absolute Gasteiger partial charge is 0.361 e. The van der Waals surface area contributed by atoms with Crippen LogP contribution in [-0.2, 0) is 7.05 Å². The van der Waals surface area contributed by atoms with Crippen molar-refractivity contribution in [1.29, 1.82) is 0 Å². The number of aryl methyl sites for hydroxylation is 2. The molecule has 0 bridgehead atoms. The number of nitrogens with zero attached hydrogens (tertiary/aromatic N) is 3. The molecule has 0 unspecified atom stereocenters. The molecule has 1 aliphatic rings. The van der Waals surface area contributed by atoms with Gasteiger partial charge in [-0.3, -0.25) is 4.79 Å². The third-order valence-corrected chi connectivity index (χ3v) is 5.71. The maximum Gasteiger partial charge on any atom is 0.263 e. The van der Waals surface area contributed by atoms with E-state index in [1.54, 1.807) is 23.7 Å². The van der Waals surface area contributed by atoms with Gasteiger partial charge in [0, 0.05) is 23.6 Å². The molecule has 0 fully saturated rings. The van der Waals surface area contributed by atoms with E-state index in [4.69, 9.17) is 0 Å². The lowest BCUT2D eigenvalue weighted by atomic mass is 10.0.